The zero-order valence-electron chi connectivity index (χ0n) is 11.5. The van der Waals surface area contributed by atoms with E-state index in [4.69, 9.17) is 0 Å². The van der Waals surface area contributed by atoms with Gasteiger partial charge in [-0.15, -0.1) is 0 Å². The van der Waals surface area contributed by atoms with Crippen LogP contribution in [0.2, 0.25) is 0 Å². The van der Waals surface area contributed by atoms with Gasteiger partial charge in [-0.1, -0.05) is 41.5 Å². The predicted molar refractivity (Wildman–Crippen MR) is 68.1 cm³/mol. The van der Waals surface area contributed by atoms with Crippen LogP contribution < -0.4 is 5.32 Å². The highest BCUT2D eigenvalue weighted by Gasteiger charge is 2.44. The summed E-state index contributed by atoms with van der Waals surface area (Å²) in [6, 6.07) is 0. The Morgan fingerprint density at radius 3 is 1.73 bits per heavy atom. The molecule has 0 spiro atoms. The van der Waals surface area contributed by atoms with Crippen LogP contribution in [-0.4, -0.2) is 13.1 Å². The smallest absolute Gasteiger partial charge is 0.00434 e. The second-order valence-electron chi connectivity index (χ2n) is 7.52. The second kappa shape index (κ2) is 4.08. The van der Waals surface area contributed by atoms with Crippen LogP contribution >= 0.6 is 0 Å². The Morgan fingerprint density at radius 2 is 1.40 bits per heavy atom. The Kier molecular flexibility index (Phi) is 3.55. The van der Waals surface area contributed by atoms with Crippen molar-refractivity contribution in [3.8, 4) is 0 Å². The highest BCUT2D eigenvalue weighted by atomic mass is 14.9. The van der Waals surface area contributed by atoms with Gasteiger partial charge in [-0.25, -0.2) is 0 Å². The lowest BCUT2D eigenvalue weighted by Crippen LogP contribution is -2.46. The number of rotatable bonds is 1. The molecule has 1 heteroatoms. The molecule has 1 N–H and O–H groups in total. The van der Waals surface area contributed by atoms with Crippen LogP contribution in [0.5, 0.6) is 0 Å². The van der Waals surface area contributed by atoms with Gasteiger partial charge in [-0.05, 0) is 48.6 Å². The van der Waals surface area contributed by atoms with Crippen LogP contribution in [0.25, 0.3) is 0 Å². The molecule has 1 fully saturated rings. The highest BCUT2D eigenvalue weighted by molar-refractivity contribution is 4.95. The molecule has 1 rings (SSSR count). The SMILES string of the molecule is CC(C)(C)CC1(C(C)(C)C)CCNCC1. The van der Waals surface area contributed by atoms with Crippen molar-refractivity contribution in [2.75, 3.05) is 13.1 Å². The molecule has 0 atom stereocenters. The van der Waals surface area contributed by atoms with Crippen LogP contribution in [0.4, 0.5) is 0 Å². The molecule has 1 nitrogen and oxygen atoms in total. The third-order valence-electron chi connectivity index (χ3n) is 4.02. The van der Waals surface area contributed by atoms with Gasteiger partial charge in [0.15, 0.2) is 0 Å². The minimum absolute atomic E-state index is 0.433. The van der Waals surface area contributed by atoms with E-state index in [1.165, 1.54) is 32.4 Å². The van der Waals surface area contributed by atoms with Gasteiger partial charge in [0.2, 0.25) is 0 Å². The largest absolute Gasteiger partial charge is 0.317 e. The van der Waals surface area contributed by atoms with Crippen LogP contribution in [0, 0.1) is 16.2 Å². The van der Waals surface area contributed by atoms with E-state index in [0.717, 1.165) is 0 Å². The molecule has 0 radical (unpaired) electrons. The zero-order valence-corrected chi connectivity index (χ0v) is 11.5. The van der Waals surface area contributed by atoms with Crippen molar-refractivity contribution < 1.29 is 0 Å². The average Bonchev–Trinajstić information content (AvgIpc) is 2.00. The van der Waals surface area contributed by atoms with E-state index in [1.54, 1.807) is 0 Å². The lowest BCUT2D eigenvalue weighted by Gasteiger charge is -2.51. The Labute approximate surface area is 96.0 Å². The minimum atomic E-state index is 0.433. The van der Waals surface area contributed by atoms with Crippen LogP contribution in [0.3, 0.4) is 0 Å². The van der Waals surface area contributed by atoms with Crippen molar-refractivity contribution in [2.45, 2.75) is 60.8 Å². The van der Waals surface area contributed by atoms with E-state index in [-0.39, 0.29) is 0 Å². The van der Waals surface area contributed by atoms with E-state index in [0.29, 0.717) is 16.2 Å². The summed E-state index contributed by atoms with van der Waals surface area (Å²) in [4.78, 5) is 0. The van der Waals surface area contributed by atoms with Crippen LogP contribution in [0.1, 0.15) is 60.8 Å². The molecule has 0 aromatic rings. The molecule has 0 unspecified atom stereocenters. The van der Waals surface area contributed by atoms with Gasteiger partial charge in [0, 0.05) is 0 Å². The highest BCUT2D eigenvalue weighted by Crippen LogP contribution is 2.52. The van der Waals surface area contributed by atoms with Gasteiger partial charge in [-0.3, -0.25) is 0 Å². The number of hydrogen-bond acceptors (Lipinski definition) is 1. The van der Waals surface area contributed by atoms with Crippen molar-refractivity contribution in [3.05, 3.63) is 0 Å². The first-order chi connectivity index (χ1) is 6.66. The van der Waals surface area contributed by atoms with Gasteiger partial charge in [0.1, 0.15) is 0 Å². The first kappa shape index (κ1) is 13.0. The Morgan fingerprint density at radius 1 is 0.933 bits per heavy atom. The molecular weight excluding hydrogens is 182 g/mol. The van der Waals surface area contributed by atoms with Gasteiger partial charge < -0.3 is 5.32 Å². The Balaban J connectivity index is 2.86. The lowest BCUT2D eigenvalue weighted by molar-refractivity contribution is 0.00454. The molecule has 0 saturated carbocycles. The number of nitrogens with one attached hydrogen (secondary N) is 1. The summed E-state index contributed by atoms with van der Waals surface area (Å²) in [5.41, 5.74) is 1.42. The summed E-state index contributed by atoms with van der Waals surface area (Å²) in [6.45, 7) is 16.8. The third-order valence-corrected chi connectivity index (χ3v) is 4.02. The molecule has 90 valence electrons. The summed E-state index contributed by atoms with van der Waals surface area (Å²) < 4.78 is 0. The Bertz CT molecular complexity index is 198. The monoisotopic (exact) mass is 211 g/mol. The molecule has 1 heterocycles. The molecule has 0 aliphatic carbocycles. The molecule has 1 aliphatic rings. The Hall–Kier alpha value is -0.0400. The summed E-state index contributed by atoms with van der Waals surface area (Å²) >= 11 is 0. The van der Waals surface area contributed by atoms with Gasteiger partial charge in [0.05, 0.1) is 0 Å². The maximum absolute atomic E-state index is 3.50. The summed E-state index contributed by atoms with van der Waals surface area (Å²) in [7, 11) is 0. The van der Waals surface area contributed by atoms with Crippen molar-refractivity contribution in [1.82, 2.24) is 5.32 Å². The lowest BCUT2D eigenvalue weighted by atomic mass is 9.56. The molecular formula is C14H29N. The van der Waals surface area contributed by atoms with Crippen molar-refractivity contribution in [3.63, 3.8) is 0 Å². The van der Waals surface area contributed by atoms with Crippen LogP contribution in [-0.2, 0) is 0 Å². The summed E-state index contributed by atoms with van der Waals surface area (Å²) in [5, 5.41) is 3.50. The van der Waals surface area contributed by atoms with E-state index in [9.17, 15) is 0 Å². The predicted octanol–water partition coefficient (Wildman–Crippen LogP) is 3.84. The standard InChI is InChI=1S/C14H29N/c1-12(2,3)11-14(13(4,5)6)7-9-15-10-8-14/h15H,7-11H2,1-6H3. The van der Waals surface area contributed by atoms with Gasteiger partial charge in [0.25, 0.3) is 0 Å². The molecule has 1 aliphatic heterocycles. The molecule has 0 amide bonds. The maximum atomic E-state index is 3.50. The third kappa shape index (κ3) is 3.21. The number of piperidine rings is 1. The van der Waals surface area contributed by atoms with Crippen LogP contribution in [0.15, 0.2) is 0 Å². The summed E-state index contributed by atoms with van der Waals surface area (Å²) in [5.74, 6) is 0. The quantitative estimate of drug-likeness (QED) is 0.695. The van der Waals surface area contributed by atoms with Gasteiger partial charge in [-0.2, -0.15) is 0 Å². The molecule has 0 aromatic heterocycles. The van der Waals surface area contributed by atoms with Crippen molar-refractivity contribution in [1.29, 1.82) is 0 Å². The first-order valence-electron chi connectivity index (χ1n) is 6.37. The maximum Gasteiger partial charge on any atom is -0.00434 e. The van der Waals surface area contributed by atoms with E-state index in [1.807, 2.05) is 0 Å². The second-order valence-corrected chi connectivity index (χ2v) is 7.52. The molecule has 0 aromatic carbocycles. The summed E-state index contributed by atoms with van der Waals surface area (Å²) in [6.07, 6.45) is 4.03. The van der Waals surface area contributed by atoms with Gasteiger partial charge >= 0.3 is 0 Å². The zero-order chi connectivity index (χ0) is 11.7. The van der Waals surface area contributed by atoms with E-state index >= 15 is 0 Å². The normalized spacial score (nSPS) is 22.8. The molecule has 1 saturated heterocycles. The van der Waals surface area contributed by atoms with E-state index in [2.05, 4.69) is 46.9 Å². The molecule has 0 bridgehead atoms. The van der Waals surface area contributed by atoms with Crippen molar-refractivity contribution in [2.24, 2.45) is 16.2 Å². The topological polar surface area (TPSA) is 12.0 Å². The molecule has 15 heavy (non-hydrogen) atoms. The fourth-order valence-electron chi connectivity index (χ4n) is 3.11. The average molecular weight is 211 g/mol. The van der Waals surface area contributed by atoms with E-state index < -0.39 is 0 Å². The number of hydrogen-bond donors (Lipinski definition) is 1. The fraction of sp³-hybridized carbons (Fsp3) is 1.00. The minimum Gasteiger partial charge on any atom is -0.317 e. The van der Waals surface area contributed by atoms with Crippen molar-refractivity contribution >= 4 is 0 Å². The first-order valence-corrected chi connectivity index (χ1v) is 6.37. The fourth-order valence-corrected chi connectivity index (χ4v) is 3.11.